The van der Waals surface area contributed by atoms with Crippen LogP contribution in [-0.4, -0.2) is 68.5 Å². The maximum Gasteiger partial charge on any atom is 0.268 e. The standard InChI is InChI=1S/C57H109N2O6P/c1-6-8-10-12-14-16-18-20-22-24-26-28-29-31-32-34-36-38-40-42-44-46-48-50-56(60)55(54-65-66(62,63)64-53-52-59(3,4)5)58-57(61)51-49-47-45-43-41-39-37-35-33-30-27-25-23-21-19-17-15-13-11-9-7-2/h19,21,25,27,40,42,48,50,55-56,60H,6-18,20,22-24,26,28-39,41,43-47,49,51-54H2,1-5H3,(H-,58,61,62,63)/b21-19-,27-25-,42-40+,50-48+. The third-order valence-electron chi connectivity index (χ3n) is 12.5. The third-order valence-corrected chi connectivity index (χ3v) is 13.5. The van der Waals surface area contributed by atoms with Crippen molar-refractivity contribution < 1.29 is 32.9 Å². The molecule has 9 heteroatoms. The molecule has 0 aliphatic rings. The number of aliphatic hydroxyl groups excluding tert-OH is 1. The van der Waals surface area contributed by atoms with Gasteiger partial charge in [0.25, 0.3) is 7.82 Å². The molecule has 0 heterocycles. The SMILES string of the molecule is CCCCCCC/C=C\C/C=C\CCCCCCCCCCCC(=O)NC(COP(=O)([O-])OCC[N+](C)(C)C)C(O)/C=C/CC/C=C/CCCCCCCCCCCCCCCCCCC. The maximum absolute atomic E-state index is 12.9. The van der Waals surface area contributed by atoms with E-state index in [2.05, 4.69) is 55.6 Å². The number of nitrogens with zero attached hydrogens (tertiary/aromatic N) is 1. The molecule has 66 heavy (non-hydrogen) atoms. The van der Waals surface area contributed by atoms with Crippen molar-refractivity contribution in [2.75, 3.05) is 40.9 Å². The predicted octanol–water partition coefficient (Wildman–Crippen LogP) is 16.1. The third kappa shape index (κ3) is 50.3. The molecular formula is C57H109N2O6P. The highest BCUT2D eigenvalue weighted by atomic mass is 31.2. The molecule has 0 saturated carbocycles. The Balaban J connectivity index is 4.30. The summed E-state index contributed by atoms with van der Waals surface area (Å²) in [6.45, 7) is 4.64. The van der Waals surface area contributed by atoms with E-state index in [1.54, 1.807) is 6.08 Å². The molecule has 2 N–H and O–H groups in total. The van der Waals surface area contributed by atoms with Crippen LogP contribution in [0.3, 0.4) is 0 Å². The van der Waals surface area contributed by atoms with E-state index in [-0.39, 0.29) is 12.5 Å². The van der Waals surface area contributed by atoms with Crippen molar-refractivity contribution in [3.8, 4) is 0 Å². The maximum atomic E-state index is 12.9. The molecule has 0 bridgehead atoms. The van der Waals surface area contributed by atoms with Gasteiger partial charge in [0.05, 0.1) is 39.9 Å². The van der Waals surface area contributed by atoms with E-state index >= 15 is 0 Å². The summed E-state index contributed by atoms with van der Waals surface area (Å²) in [6, 6.07) is -0.907. The summed E-state index contributed by atoms with van der Waals surface area (Å²) in [7, 11) is 1.24. The van der Waals surface area contributed by atoms with Crippen LogP contribution in [0.2, 0.25) is 0 Å². The highest BCUT2D eigenvalue weighted by molar-refractivity contribution is 7.45. The molecular weight excluding hydrogens is 840 g/mol. The van der Waals surface area contributed by atoms with Crippen LogP contribution in [-0.2, 0) is 18.4 Å². The topological polar surface area (TPSA) is 108 Å². The Morgan fingerprint density at radius 1 is 0.530 bits per heavy atom. The Kier molecular flexibility index (Phi) is 47.4. The van der Waals surface area contributed by atoms with Crippen LogP contribution >= 0.6 is 7.82 Å². The fourth-order valence-corrected chi connectivity index (χ4v) is 8.81. The summed E-state index contributed by atoms with van der Waals surface area (Å²) in [4.78, 5) is 25.5. The summed E-state index contributed by atoms with van der Waals surface area (Å²) in [5, 5.41) is 13.9. The van der Waals surface area contributed by atoms with Gasteiger partial charge in [-0.05, 0) is 64.2 Å². The lowest BCUT2D eigenvalue weighted by Gasteiger charge is -2.29. The summed E-state index contributed by atoms with van der Waals surface area (Å²) in [5.41, 5.74) is 0. The van der Waals surface area contributed by atoms with Crippen LogP contribution in [0, 0.1) is 0 Å². The zero-order chi connectivity index (χ0) is 48.5. The van der Waals surface area contributed by atoms with E-state index in [0.717, 1.165) is 44.9 Å². The van der Waals surface area contributed by atoms with Crippen molar-refractivity contribution in [1.29, 1.82) is 0 Å². The largest absolute Gasteiger partial charge is 0.756 e. The first-order valence-corrected chi connectivity index (χ1v) is 29.5. The smallest absolute Gasteiger partial charge is 0.268 e. The average molecular weight is 949 g/mol. The van der Waals surface area contributed by atoms with Gasteiger partial charge >= 0.3 is 0 Å². The number of amides is 1. The number of allylic oxidation sites excluding steroid dienone is 7. The van der Waals surface area contributed by atoms with Crippen molar-refractivity contribution in [2.45, 2.75) is 270 Å². The molecule has 0 fully saturated rings. The van der Waals surface area contributed by atoms with Gasteiger partial charge < -0.3 is 28.8 Å². The highest BCUT2D eigenvalue weighted by Gasteiger charge is 2.23. The number of phosphoric acid groups is 1. The van der Waals surface area contributed by atoms with E-state index in [1.807, 2.05) is 27.2 Å². The number of likely N-dealkylation sites (N-methyl/N-ethyl adjacent to an activating group) is 1. The van der Waals surface area contributed by atoms with Crippen molar-refractivity contribution in [2.24, 2.45) is 0 Å². The van der Waals surface area contributed by atoms with Crippen LogP contribution in [0.25, 0.3) is 0 Å². The molecule has 0 radical (unpaired) electrons. The van der Waals surface area contributed by atoms with E-state index in [4.69, 9.17) is 9.05 Å². The van der Waals surface area contributed by atoms with Gasteiger partial charge in [-0.25, -0.2) is 0 Å². The van der Waals surface area contributed by atoms with Gasteiger partial charge in [0, 0.05) is 6.42 Å². The van der Waals surface area contributed by atoms with Gasteiger partial charge in [-0.3, -0.25) is 9.36 Å². The van der Waals surface area contributed by atoms with Gasteiger partial charge in [0.1, 0.15) is 13.2 Å². The quantitative estimate of drug-likeness (QED) is 0.0272. The Morgan fingerprint density at radius 3 is 1.32 bits per heavy atom. The molecule has 3 atom stereocenters. The summed E-state index contributed by atoms with van der Waals surface area (Å²) in [5.74, 6) is -0.210. The van der Waals surface area contributed by atoms with E-state index in [0.29, 0.717) is 17.4 Å². The first kappa shape index (κ1) is 64.5. The molecule has 0 aliphatic heterocycles. The van der Waals surface area contributed by atoms with Gasteiger partial charge in [-0.1, -0.05) is 236 Å². The molecule has 0 aromatic heterocycles. The lowest BCUT2D eigenvalue weighted by molar-refractivity contribution is -0.870. The average Bonchev–Trinajstić information content (AvgIpc) is 3.28. The van der Waals surface area contributed by atoms with Crippen molar-refractivity contribution in [1.82, 2.24) is 5.32 Å². The normalized spacial score (nSPS) is 14.3. The lowest BCUT2D eigenvalue weighted by atomic mass is 10.0. The number of carbonyl (C=O) groups is 1. The van der Waals surface area contributed by atoms with Crippen LogP contribution < -0.4 is 10.2 Å². The molecule has 0 aromatic rings. The number of quaternary nitrogens is 1. The van der Waals surface area contributed by atoms with Crippen molar-refractivity contribution in [3.05, 3.63) is 48.6 Å². The lowest BCUT2D eigenvalue weighted by Crippen LogP contribution is -2.45. The number of nitrogens with one attached hydrogen (secondary N) is 1. The minimum absolute atomic E-state index is 0.00791. The van der Waals surface area contributed by atoms with Gasteiger partial charge in [-0.15, -0.1) is 0 Å². The van der Waals surface area contributed by atoms with Crippen molar-refractivity contribution in [3.63, 3.8) is 0 Å². The second-order valence-electron chi connectivity index (χ2n) is 20.3. The second-order valence-corrected chi connectivity index (χ2v) is 21.7. The molecule has 388 valence electrons. The van der Waals surface area contributed by atoms with Crippen molar-refractivity contribution >= 4 is 13.7 Å². The summed E-state index contributed by atoms with van der Waals surface area (Å²) < 4.78 is 23.3. The Labute approximate surface area is 409 Å². The number of hydrogen-bond acceptors (Lipinski definition) is 6. The summed E-state index contributed by atoms with van der Waals surface area (Å²) >= 11 is 0. The van der Waals surface area contributed by atoms with Gasteiger partial charge in [0.15, 0.2) is 0 Å². The van der Waals surface area contributed by atoms with Crippen LogP contribution in [0.4, 0.5) is 0 Å². The number of aliphatic hydroxyl groups is 1. The monoisotopic (exact) mass is 949 g/mol. The molecule has 0 saturated heterocycles. The minimum atomic E-state index is -4.61. The van der Waals surface area contributed by atoms with E-state index < -0.39 is 26.6 Å². The predicted molar refractivity (Wildman–Crippen MR) is 284 cm³/mol. The molecule has 0 aromatic carbocycles. The fourth-order valence-electron chi connectivity index (χ4n) is 8.08. The zero-order valence-corrected chi connectivity index (χ0v) is 45.0. The van der Waals surface area contributed by atoms with Crippen LogP contribution in [0.5, 0.6) is 0 Å². The molecule has 1 amide bonds. The first-order valence-electron chi connectivity index (χ1n) is 28.0. The summed E-state index contributed by atoms with van der Waals surface area (Å²) in [6.07, 6.45) is 63.2. The second kappa shape index (κ2) is 48.5. The van der Waals surface area contributed by atoms with E-state index in [9.17, 15) is 19.4 Å². The minimum Gasteiger partial charge on any atom is -0.756 e. The number of hydrogen-bond donors (Lipinski definition) is 2. The van der Waals surface area contributed by atoms with Crippen LogP contribution in [0.15, 0.2) is 48.6 Å². The highest BCUT2D eigenvalue weighted by Crippen LogP contribution is 2.38. The van der Waals surface area contributed by atoms with E-state index in [1.165, 1.54) is 193 Å². The number of rotatable bonds is 51. The Hall–Kier alpha value is -1.54. The number of carbonyl (C=O) groups excluding carboxylic acids is 1. The molecule has 8 nitrogen and oxygen atoms in total. The molecule has 0 aliphatic carbocycles. The first-order chi connectivity index (χ1) is 32.0. The molecule has 3 unspecified atom stereocenters. The van der Waals surface area contributed by atoms with Gasteiger partial charge in [0.2, 0.25) is 5.91 Å². The van der Waals surface area contributed by atoms with Gasteiger partial charge in [-0.2, -0.15) is 0 Å². The Morgan fingerprint density at radius 2 is 0.894 bits per heavy atom. The fraction of sp³-hybridized carbons (Fsp3) is 0.842. The molecule has 0 rings (SSSR count). The number of unbranched alkanes of at least 4 members (excludes halogenated alkanes) is 32. The van der Waals surface area contributed by atoms with Crippen LogP contribution in [0.1, 0.15) is 258 Å². The number of phosphoric ester groups is 1. The Bertz CT molecular complexity index is 1210. The zero-order valence-electron chi connectivity index (χ0n) is 44.1. The molecule has 0 spiro atoms.